The molecule has 1 saturated heterocycles. The van der Waals surface area contributed by atoms with E-state index in [1.165, 1.54) is 6.42 Å². The fourth-order valence-electron chi connectivity index (χ4n) is 7.48. The van der Waals surface area contributed by atoms with E-state index in [9.17, 15) is 10.1 Å². The molecule has 5 fully saturated rings. The molecule has 0 aromatic carbocycles. The molecule has 10 unspecified atom stereocenters. The summed E-state index contributed by atoms with van der Waals surface area (Å²) in [5, 5.41) is 9.78. The molecule has 5 rings (SSSR count). The van der Waals surface area contributed by atoms with Gasteiger partial charge in [-0.2, -0.15) is 5.26 Å². The Hall–Kier alpha value is -1.04. The number of cyclic esters (lactones) is 1. The van der Waals surface area contributed by atoms with Crippen molar-refractivity contribution in [3.63, 3.8) is 0 Å². The second-order valence-electron chi connectivity index (χ2n) is 8.13. The monoisotopic (exact) mass is 271 g/mol. The third-order valence-corrected chi connectivity index (χ3v) is 8.25. The van der Waals surface area contributed by atoms with Crippen LogP contribution in [0.5, 0.6) is 0 Å². The molecule has 1 heterocycles. The van der Waals surface area contributed by atoms with Gasteiger partial charge in [0.05, 0.1) is 12.7 Å². The fraction of sp³-hybridized carbons (Fsp3) is 0.882. The molecule has 0 N–H and O–H groups in total. The van der Waals surface area contributed by atoms with E-state index >= 15 is 0 Å². The predicted molar refractivity (Wildman–Crippen MR) is 71.0 cm³/mol. The van der Waals surface area contributed by atoms with Crippen molar-refractivity contribution in [2.24, 2.45) is 58.7 Å². The van der Waals surface area contributed by atoms with Gasteiger partial charge in [-0.25, -0.2) is 0 Å². The first-order valence-corrected chi connectivity index (χ1v) is 8.19. The summed E-state index contributed by atoms with van der Waals surface area (Å²) in [6.45, 7) is 5.32. The van der Waals surface area contributed by atoms with Crippen LogP contribution in [-0.2, 0) is 9.53 Å². The Morgan fingerprint density at radius 1 is 1.10 bits per heavy atom. The van der Waals surface area contributed by atoms with Gasteiger partial charge in [0, 0.05) is 5.92 Å². The SMILES string of the molecule is CC1C(C)C2CC1C1C3CC(C21)C1(C#N)C(=O)OCC31. The van der Waals surface area contributed by atoms with Gasteiger partial charge in [-0.3, -0.25) is 4.79 Å². The number of nitrogens with zero attached hydrogens (tertiary/aromatic N) is 1. The van der Waals surface area contributed by atoms with Crippen molar-refractivity contribution in [3.8, 4) is 6.07 Å². The Bertz CT molecular complexity index is 552. The molecule has 3 heteroatoms. The van der Waals surface area contributed by atoms with E-state index in [0.717, 1.165) is 36.0 Å². The van der Waals surface area contributed by atoms with Gasteiger partial charge in [0.2, 0.25) is 0 Å². The number of nitriles is 1. The lowest BCUT2D eigenvalue weighted by Crippen LogP contribution is -2.48. The minimum absolute atomic E-state index is 0.195. The van der Waals surface area contributed by atoms with Gasteiger partial charge in [-0.1, -0.05) is 13.8 Å². The van der Waals surface area contributed by atoms with Crippen LogP contribution >= 0.6 is 0 Å². The first-order valence-electron chi connectivity index (χ1n) is 8.19. The maximum absolute atomic E-state index is 12.3. The second kappa shape index (κ2) is 3.24. The standard InChI is InChI=1S/C17H21NO2/c1-7-8(2)10-3-9(7)14-11-4-12(15(10)14)17(6-18)13(11)5-20-16(17)19/h7-15H,3-5H2,1-2H3. The van der Waals surface area contributed by atoms with E-state index in [1.54, 1.807) is 0 Å². The molecule has 4 saturated carbocycles. The summed E-state index contributed by atoms with van der Waals surface area (Å²) in [5.74, 6) is 5.52. The van der Waals surface area contributed by atoms with Crippen LogP contribution in [0.2, 0.25) is 0 Å². The zero-order chi connectivity index (χ0) is 13.8. The number of rotatable bonds is 0. The molecule has 0 aromatic heterocycles. The summed E-state index contributed by atoms with van der Waals surface area (Å²) < 4.78 is 5.34. The van der Waals surface area contributed by atoms with E-state index < -0.39 is 5.41 Å². The Morgan fingerprint density at radius 2 is 1.80 bits per heavy atom. The maximum atomic E-state index is 12.3. The largest absolute Gasteiger partial charge is 0.464 e. The highest BCUT2D eigenvalue weighted by Crippen LogP contribution is 2.76. The predicted octanol–water partition coefficient (Wildman–Crippen LogP) is 2.47. The summed E-state index contributed by atoms with van der Waals surface area (Å²) in [5.41, 5.74) is -0.765. The fourth-order valence-corrected chi connectivity index (χ4v) is 7.48. The molecule has 4 bridgehead atoms. The molecule has 0 radical (unpaired) electrons. The van der Waals surface area contributed by atoms with E-state index in [-0.39, 0.29) is 11.9 Å². The number of ether oxygens (including phenoxy) is 1. The summed E-state index contributed by atoms with van der Waals surface area (Å²) in [6.07, 6.45) is 2.48. The van der Waals surface area contributed by atoms with Gasteiger partial charge in [0.25, 0.3) is 0 Å². The summed E-state index contributed by atoms with van der Waals surface area (Å²) in [6, 6.07) is 2.44. The van der Waals surface area contributed by atoms with Crippen LogP contribution in [0.25, 0.3) is 0 Å². The minimum Gasteiger partial charge on any atom is -0.464 e. The molecular formula is C17H21NO2. The van der Waals surface area contributed by atoms with Crippen LogP contribution in [-0.4, -0.2) is 12.6 Å². The number of hydrogen-bond acceptors (Lipinski definition) is 3. The van der Waals surface area contributed by atoms with Crippen molar-refractivity contribution >= 4 is 5.97 Å². The van der Waals surface area contributed by atoms with Crippen LogP contribution in [0.4, 0.5) is 0 Å². The topological polar surface area (TPSA) is 50.1 Å². The van der Waals surface area contributed by atoms with Gasteiger partial charge in [-0.15, -0.1) is 0 Å². The average molecular weight is 271 g/mol. The van der Waals surface area contributed by atoms with Gasteiger partial charge < -0.3 is 4.74 Å². The Balaban J connectivity index is 1.63. The Kier molecular flexibility index (Phi) is 1.88. The zero-order valence-corrected chi connectivity index (χ0v) is 12.1. The molecule has 3 nitrogen and oxygen atoms in total. The third-order valence-electron chi connectivity index (χ3n) is 8.25. The lowest BCUT2D eigenvalue weighted by atomic mass is 9.55. The third kappa shape index (κ3) is 0.908. The number of fused-ring (bicyclic) bond motifs is 12. The quantitative estimate of drug-likeness (QED) is 0.502. The van der Waals surface area contributed by atoms with Gasteiger partial charge in [0.1, 0.15) is 0 Å². The van der Waals surface area contributed by atoms with E-state index in [0.29, 0.717) is 24.4 Å². The molecule has 4 aliphatic carbocycles. The molecule has 0 amide bonds. The van der Waals surface area contributed by atoms with E-state index in [2.05, 4.69) is 19.9 Å². The van der Waals surface area contributed by atoms with Gasteiger partial charge >= 0.3 is 5.97 Å². The number of carbonyl (C=O) groups excluding carboxylic acids is 1. The van der Waals surface area contributed by atoms with Crippen molar-refractivity contribution in [1.29, 1.82) is 5.26 Å². The van der Waals surface area contributed by atoms with E-state index in [1.807, 2.05) is 0 Å². The molecule has 0 aromatic rings. The van der Waals surface area contributed by atoms with Gasteiger partial charge in [-0.05, 0) is 60.2 Å². The summed E-state index contributed by atoms with van der Waals surface area (Å²) in [7, 11) is 0. The van der Waals surface area contributed by atoms with Crippen LogP contribution in [0.15, 0.2) is 0 Å². The molecule has 20 heavy (non-hydrogen) atoms. The number of hydrogen-bond donors (Lipinski definition) is 0. The lowest BCUT2D eigenvalue weighted by Gasteiger charge is -2.46. The van der Waals surface area contributed by atoms with Crippen molar-refractivity contribution in [1.82, 2.24) is 0 Å². The first kappa shape index (κ1) is 11.6. The lowest BCUT2D eigenvalue weighted by molar-refractivity contribution is -0.147. The average Bonchev–Trinajstić information content (AvgIpc) is 3.16. The van der Waals surface area contributed by atoms with Crippen molar-refractivity contribution < 1.29 is 9.53 Å². The molecule has 106 valence electrons. The smallest absolute Gasteiger partial charge is 0.327 e. The minimum atomic E-state index is -0.765. The normalized spacial score (nSPS) is 65.0. The van der Waals surface area contributed by atoms with Crippen molar-refractivity contribution in [2.75, 3.05) is 6.61 Å². The number of esters is 1. The highest BCUT2D eigenvalue weighted by molar-refractivity contribution is 5.84. The van der Waals surface area contributed by atoms with Crippen LogP contribution in [0.1, 0.15) is 26.7 Å². The molecule has 5 aliphatic rings. The maximum Gasteiger partial charge on any atom is 0.327 e. The van der Waals surface area contributed by atoms with Crippen molar-refractivity contribution in [2.45, 2.75) is 26.7 Å². The molecular weight excluding hydrogens is 250 g/mol. The highest BCUT2D eigenvalue weighted by Gasteiger charge is 2.77. The van der Waals surface area contributed by atoms with E-state index in [4.69, 9.17) is 4.74 Å². The zero-order valence-electron chi connectivity index (χ0n) is 12.1. The Labute approximate surface area is 119 Å². The van der Waals surface area contributed by atoms with Crippen LogP contribution < -0.4 is 0 Å². The Morgan fingerprint density at radius 3 is 2.50 bits per heavy atom. The van der Waals surface area contributed by atoms with Crippen LogP contribution in [0.3, 0.4) is 0 Å². The molecule has 10 atom stereocenters. The van der Waals surface area contributed by atoms with Crippen LogP contribution in [0, 0.1) is 70.0 Å². The van der Waals surface area contributed by atoms with Gasteiger partial charge in [0.15, 0.2) is 5.41 Å². The molecule has 1 aliphatic heterocycles. The first-order chi connectivity index (χ1) is 9.61. The highest BCUT2D eigenvalue weighted by atomic mass is 16.5. The molecule has 0 spiro atoms. The summed E-state index contributed by atoms with van der Waals surface area (Å²) in [4.78, 5) is 12.3. The number of carbonyl (C=O) groups is 1. The van der Waals surface area contributed by atoms with Crippen molar-refractivity contribution in [3.05, 3.63) is 0 Å². The summed E-state index contributed by atoms with van der Waals surface area (Å²) >= 11 is 0. The second-order valence-corrected chi connectivity index (χ2v) is 8.13.